The van der Waals surface area contributed by atoms with Crippen LogP contribution in [0.25, 0.3) is 0 Å². The number of halogens is 1. The van der Waals surface area contributed by atoms with Crippen LogP contribution >= 0.6 is 0 Å². The van der Waals surface area contributed by atoms with Crippen molar-refractivity contribution in [1.29, 1.82) is 5.26 Å². The first kappa shape index (κ1) is 22.6. The first-order valence-electron chi connectivity index (χ1n) is 10.7. The Labute approximate surface area is 183 Å². The van der Waals surface area contributed by atoms with Gasteiger partial charge in [-0.15, -0.1) is 0 Å². The number of carbonyl (C=O) groups is 1. The zero-order valence-corrected chi connectivity index (χ0v) is 18.2. The van der Waals surface area contributed by atoms with Gasteiger partial charge in [0.25, 0.3) is 0 Å². The number of hydrogen-bond acceptors (Lipinski definition) is 4. The summed E-state index contributed by atoms with van der Waals surface area (Å²) in [6.45, 7) is 6.19. The third-order valence-corrected chi connectivity index (χ3v) is 5.81. The molecule has 31 heavy (non-hydrogen) atoms. The maximum atomic E-state index is 14.2. The Morgan fingerprint density at radius 1 is 1.26 bits per heavy atom. The lowest BCUT2D eigenvalue weighted by Crippen LogP contribution is -2.14. The number of nitriles is 1. The molecule has 0 heterocycles. The van der Waals surface area contributed by atoms with Gasteiger partial charge in [-0.3, -0.25) is 4.79 Å². The molecule has 2 aromatic carbocycles. The van der Waals surface area contributed by atoms with Gasteiger partial charge < -0.3 is 9.47 Å². The van der Waals surface area contributed by atoms with E-state index in [0.29, 0.717) is 11.3 Å². The highest BCUT2D eigenvalue weighted by molar-refractivity contribution is 5.78. The van der Waals surface area contributed by atoms with Gasteiger partial charge in [0, 0.05) is 5.56 Å². The van der Waals surface area contributed by atoms with Gasteiger partial charge in [-0.2, -0.15) is 5.26 Å². The highest BCUT2D eigenvalue weighted by Crippen LogP contribution is 2.59. The smallest absolute Gasteiger partial charge is 0.311 e. The molecule has 1 fully saturated rings. The van der Waals surface area contributed by atoms with E-state index < -0.39 is 17.9 Å². The van der Waals surface area contributed by atoms with Gasteiger partial charge in [0.15, 0.2) is 11.6 Å². The van der Waals surface area contributed by atoms with Crippen molar-refractivity contribution < 1.29 is 18.7 Å². The van der Waals surface area contributed by atoms with Crippen molar-refractivity contribution in [3.8, 4) is 17.6 Å². The zero-order chi connectivity index (χ0) is 22.4. The van der Waals surface area contributed by atoms with Crippen LogP contribution in [0, 0.1) is 34.4 Å². The van der Waals surface area contributed by atoms with Crippen LogP contribution in [-0.4, -0.2) is 5.97 Å². The average Bonchev–Trinajstić information content (AvgIpc) is 3.32. The Hall–Kier alpha value is -3.13. The highest BCUT2D eigenvalue weighted by atomic mass is 19.1. The number of benzene rings is 2. The minimum absolute atomic E-state index is 0.0246. The Morgan fingerprint density at radius 3 is 2.68 bits per heavy atom. The molecule has 1 aliphatic carbocycles. The summed E-state index contributed by atoms with van der Waals surface area (Å²) < 4.78 is 25.4. The van der Waals surface area contributed by atoms with Crippen LogP contribution in [-0.2, 0) is 9.53 Å². The molecule has 3 rings (SSSR count). The van der Waals surface area contributed by atoms with E-state index in [1.54, 1.807) is 24.3 Å². The molecule has 0 aromatic heterocycles. The molecule has 0 bridgehead atoms. The van der Waals surface area contributed by atoms with Gasteiger partial charge >= 0.3 is 5.97 Å². The van der Waals surface area contributed by atoms with Gasteiger partial charge in [0.05, 0.1) is 5.92 Å². The van der Waals surface area contributed by atoms with E-state index in [1.165, 1.54) is 18.2 Å². The lowest BCUT2D eigenvalue weighted by Gasteiger charge is -2.14. The molecule has 0 saturated heterocycles. The second-order valence-electron chi connectivity index (χ2n) is 8.45. The normalized spacial score (nSPS) is 20.1. The van der Waals surface area contributed by atoms with Crippen molar-refractivity contribution in [3.63, 3.8) is 0 Å². The Bertz CT molecular complexity index is 978. The van der Waals surface area contributed by atoms with Crippen LogP contribution in [0.3, 0.4) is 0 Å². The Morgan fingerprint density at radius 2 is 2.00 bits per heavy atom. The summed E-state index contributed by atoms with van der Waals surface area (Å²) in [6.07, 6.45) is 6.32. The molecule has 1 saturated carbocycles. The fourth-order valence-corrected chi connectivity index (χ4v) is 3.79. The molecule has 0 spiro atoms. The maximum Gasteiger partial charge on any atom is 0.311 e. The van der Waals surface area contributed by atoms with Gasteiger partial charge in [-0.1, -0.05) is 70.0 Å². The molecule has 3 unspecified atom stereocenters. The van der Waals surface area contributed by atoms with Crippen LogP contribution in [0.2, 0.25) is 0 Å². The molecular formula is C26H28FNO3. The molecule has 5 heteroatoms. The van der Waals surface area contributed by atoms with E-state index in [0.717, 1.165) is 19.3 Å². The predicted molar refractivity (Wildman–Crippen MR) is 117 cm³/mol. The second-order valence-corrected chi connectivity index (χ2v) is 8.45. The van der Waals surface area contributed by atoms with Gasteiger partial charge in [0.1, 0.15) is 11.8 Å². The summed E-state index contributed by atoms with van der Waals surface area (Å²) in [5.74, 6) is -0.708. The number of unbranched alkanes of at least 4 members (excludes halogenated alkanes) is 2. The summed E-state index contributed by atoms with van der Waals surface area (Å²) in [4.78, 5) is 12.8. The van der Waals surface area contributed by atoms with E-state index in [4.69, 9.17) is 9.47 Å². The van der Waals surface area contributed by atoms with Crippen molar-refractivity contribution in [3.05, 3.63) is 72.1 Å². The van der Waals surface area contributed by atoms with Crippen molar-refractivity contribution >= 4 is 5.97 Å². The van der Waals surface area contributed by atoms with Crippen molar-refractivity contribution in [2.45, 2.75) is 46.1 Å². The fraction of sp³-hybridized carbons (Fsp3) is 0.385. The lowest BCUT2D eigenvalue weighted by atomic mass is 10.1. The standard InChI is InChI=1S/C26H28FNO3/c1-4-5-6-10-13-20-24(26(20,2)3)25(29)31-23(17-28)18-14-15-21(27)22(16-18)30-19-11-8-7-9-12-19/h7-16,20,23-24H,4-6H2,1-3H3. The summed E-state index contributed by atoms with van der Waals surface area (Å²) in [7, 11) is 0. The van der Waals surface area contributed by atoms with Gasteiger partial charge in [-0.05, 0) is 42.0 Å². The summed E-state index contributed by atoms with van der Waals surface area (Å²) in [5.41, 5.74) is 0.168. The van der Waals surface area contributed by atoms with E-state index in [9.17, 15) is 14.4 Å². The molecule has 2 aromatic rings. The Balaban J connectivity index is 1.70. The molecule has 0 N–H and O–H groups in total. The average molecular weight is 422 g/mol. The van der Waals surface area contributed by atoms with E-state index in [2.05, 4.69) is 19.1 Å². The van der Waals surface area contributed by atoms with Crippen molar-refractivity contribution in [1.82, 2.24) is 0 Å². The molecule has 162 valence electrons. The van der Waals surface area contributed by atoms with Crippen molar-refractivity contribution in [2.24, 2.45) is 17.3 Å². The molecule has 3 atom stereocenters. The summed E-state index contributed by atoms with van der Waals surface area (Å²) in [5, 5.41) is 9.60. The van der Waals surface area contributed by atoms with Crippen LogP contribution in [0.4, 0.5) is 4.39 Å². The lowest BCUT2D eigenvalue weighted by molar-refractivity contribution is -0.149. The molecule has 1 aliphatic rings. The molecule has 0 aliphatic heterocycles. The Kier molecular flexibility index (Phi) is 7.12. The summed E-state index contributed by atoms with van der Waals surface area (Å²) >= 11 is 0. The van der Waals surface area contributed by atoms with E-state index >= 15 is 0 Å². The predicted octanol–water partition coefficient (Wildman–Crippen LogP) is 6.74. The largest absolute Gasteiger partial charge is 0.454 e. The third-order valence-electron chi connectivity index (χ3n) is 5.81. The maximum absolute atomic E-state index is 14.2. The monoisotopic (exact) mass is 421 g/mol. The number of nitrogens with zero attached hydrogens (tertiary/aromatic N) is 1. The second kappa shape index (κ2) is 9.78. The minimum Gasteiger partial charge on any atom is -0.454 e. The quantitative estimate of drug-likeness (QED) is 0.255. The van der Waals surface area contributed by atoms with E-state index in [1.807, 2.05) is 26.0 Å². The third kappa shape index (κ3) is 5.32. The van der Waals surface area contributed by atoms with Crippen LogP contribution in [0.15, 0.2) is 60.7 Å². The molecule has 4 nitrogen and oxygen atoms in total. The van der Waals surface area contributed by atoms with Crippen LogP contribution in [0.1, 0.15) is 51.7 Å². The number of rotatable bonds is 9. The number of hydrogen-bond donors (Lipinski definition) is 0. The number of ether oxygens (including phenoxy) is 2. The number of para-hydroxylation sites is 1. The number of esters is 1. The van der Waals surface area contributed by atoms with Crippen LogP contribution < -0.4 is 4.74 Å². The van der Waals surface area contributed by atoms with E-state index in [-0.39, 0.29) is 23.0 Å². The SMILES string of the molecule is CCCCC=CC1C(C(=O)OC(C#N)c2ccc(F)c(Oc3ccccc3)c2)C1(C)C. The van der Waals surface area contributed by atoms with Gasteiger partial charge in [-0.25, -0.2) is 4.39 Å². The first-order valence-corrected chi connectivity index (χ1v) is 10.7. The highest BCUT2D eigenvalue weighted by Gasteiger charge is 2.61. The number of allylic oxidation sites excluding steroid dienone is 2. The topological polar surface area (TPSA) is 59.3 Å². The van der Waals surface area contributed by atoms with Crippen LogP contribution in [0.5, 0.6) is 11.5 Å². The van der Waals surface area contributed by atoms with Gasteiger partial charge in [0.2, 0.25) is 6.10 Å². The minimum atomic E-state index is -1.13. The molecule has 0 radical (unpaired) electrons. The molecule has 0 amide bonds. The molecular weight excluding hydrogens is 393 g/mol. The zero-order valence-electron chi connectivity index (χ0n) is 18.2. The fourth-order valence-electron chi connectivity index (χ4n) is 3.79. The van der Waals surface area contributed by atoms with Crippen molar-refractivity contribution in [2.75, 3.05) is 0 Å². The summed E-state index contributed by atoms with van der Waals surface area (Å²) in [6, 6.07) is 14.9. The number of carbonyl (C=O) groups excluding carboxylic acids is 1. The first-order chi connectivity index (χ1) is 14.9.